The smallest absolute Gasteiger partial charge is 0.417 e. The Balaban J connectivity index is 2.09. The molecule has 0 spiro atoms. The molecule has 2 fully saturated rings. The van der Waals surface area contributed by atoms with Gasteiger partial charge in [-0.25, -0.2) is 9.69 Å². The number of hydrogen-bond donors (Lipinski definition) is 0. The average Bonchev–Trinajstić information content (AvgIpc) is 2.18. The maximum Gasteiger partial charge on any atom is 0.417 e. The predicted octanol–water partition coefficient (Wildman–Crippen LogP) is 2.71. The first kappa shape index (κ1) is 12.4. The SMILES string of the molecule is CC(C)(C)OC(=O)N1C(=O)[C@@]2(C)CCCC[C@@H]12. The lowest BCUT2D eigenvalue weighted by Gasteiger charge is -2.55. The van der Waals surface area contributed by atoms with Gasteiger partial charge in [0.25, 0.3) is 0 Å². The average molecular weight is 239 g/mol. The summed E-state index contributed by atoms with van der Waals surface area (Å²) in [6.07, 6.45) is 3.51. The van der Waals surface area contributed by atoms with Crippen LogP contribution in [0.3, 0.4) is 0 Å². The fourth-order valence-electron chi connectivity index (χ4n) is 2.85. The Hall–Kier alpha value is -1.06. The maximum absolute atomic E-state index is 12.1. The molecule has 96 valence electrons. The maximum atomic E-state index is 12.1. The highest BCUT2D eigenvalue weighted by Gasteiger charge is 2.61. The highest BCUT2D eigenvalue weighted by atomic mass is 16.6. The minimum absolute atomic E-state index is 0.0543. The van der Waals surface area contributed by atoms with Crippen LogP contribution in [-0.4, -0.2) is 28.5 Å². The molecule has 2 rings (SSSR count). The van der Waals surface area contributed by atoms with Gasteiger partial charge in [0.2, 0.25) is 5.91 Å². The lowest BCUT2D eigenvalue weighted by atomic mass is 9.64. The summed E-state index contributed by atoms with van der Waals surface area (Å²) in [6, 6.07) is 0.0543. The van der Waals surface area contributed by atoms with Crippen molar-refractivity contribution in [3.63, 3.8) is 0 Å². The summed E-state index contributed by atoms with van der Waals surface area (Å²) in [5.41, 5.74) is -0.854. The molecule has 1 aliphatic carbocycles. The van der Waals surface area contributed by atoms with Gasteiger partial charge in [0.1, 0.15) is 5.60 Å². The number of carbonyl (C=O) groups excluding carboxylic acids is 2. The molecule has 0 aromatic heterocycles. The highest BCUT2D eigenvalue weighted by molar-refractivity contribution is 6.02. The third kappa shape index (κ3) is 1.94. The molecule has 2 aliphatic rings. The van der Waals surface area contributed by atoms with E-state index in [1.807, 2.05) is 27.7 Å². The molecule has 0 unspecified atom stereocenters. The number of rotatable bonds is 0. The van der Waals surface area contributed by atoms with Crippen molar-refractivity contribution >= 4 is 12.0 Å². The van der Waals surface area contributed by atoms with Crippen LogP contribution in [0.4, 0.5) is 4.79 Å². The fourth-order valence-corrected chi connectivity index (χ4v) is 2.85. The Morgan fingerprint density at radius 2 is 2.06 bits per heavy atom. The van der Waals surface area contributed by atoms with E-state index in [9.17, 15) is 9.59 Å². The standard InChI is InChI=1S/C13H21NO3/c1-12(2,3)17-11(16)14-9-7-5-6-8-13(9,4)10(14)15/h9H,5-8H2,1-4H3/t9-,13+/m1/s1. The summed E-state index contributed by atoms with van der Waals surface area (Å²) in [6.45, 7) is 7.42. The van der Waals surface area contributed by atoms with Crippen molar-refractivity contribution in [3.05, 3.63) is 0 Å². The number of imide groups is 1. The molecule has 0 radical (unpaired) electrons. The van der Waals surface area contributed by atoms with E-state index in [4.69, 9.17) is 4.74 Å². The minimum atomic E-state index is -0.544. The molecule has 2 amide bonds. The summed E-state index contributed by atoms with van der Waals surface area (Å²) >= 11 is 0. The second-order valence-corrected chi connectivity index (χ2v) is 6.33. The molecule has 4 heteroatoms. The highest BCUT2D eigenvalue weighted by Crippen LogP contribution is 2.49. The van der Waals surface area contributed by atoms with Crippen molar-refractivity contribution in [2.75, 3.05) is 0 Å². The van der Waals surface area contributed by atoms with Crippen LogP contribution in [0.5, 0.6) is 0 Å². The second-order valence-electron chi connectivity index (χ2n) is 6.33. The zero-order valence-corrected chi connectivity index (χ0v) is 11.1. The van der Waals surface area contributed by atoms with Crippen LogP contribution in [0, 0.1) is 5.41 Å². The number of fused-ring (bicyclic) bond motifs is 1. The topological polar surface area (TPSA) is 46.6 Å². The van der Waals surface area contributed by atoms with Gasteiger partial charge in [-0.15, -0.1) is 0 Å². The molecule has 0 N–H and O–H groups in total. The van der Waals surface area contributed by atoms with Crippen LogP contribution in [0.25, 0.3) is 0 Å². The van der Waals surface area contributed by atoms with Gasteiger partial charge < -0.3 is 4.74 Å². The molecule has 2 atom stereocenters. The third-order valence-electron chi connectivity index (χ3n) is 3.77. The first-order chi connectivity index (χ1) is 7.76. The van der Waals surface area contributed by atoms with Crippen molar-refractivity contribution in [1.82, 2.24) is 4.90 Å². The van der Waals surface area contributed by atoms with Crippen molar-refractivity contribution in [1.29, 1.82) is 0 Å². The number of ether oxygens (including phenoxy) is 1. The number of nitrogens with zero attached hydrogens (tertiary/aromatic N) is 1. The molecule has 0 bridgehead atoms. The summed E-state index contributed by atoms with van der Waals surface area (Å²) < 4.78 is 5.27. The molecular formula is C13H21NO3. The Morgan fingerprint density at radius 1 is 1.41 bits per heavy atom. The molecule has 1 saturated heterocycles. The first-order valence-corrected chi connectivity index (χ1v) is 6.32. The molecular weight excluding hydrogens is 218 g/mol. The molecule has 1 aliphatic heterocycles. The summed E-state index contributed by atoms with van der Waals surface area (Å²) in [5.74, 6) is -0.0588. The van der Waals surface area contributed by atoms with Gasteiger partial charge in [-0.1, -0.05) is 12.8 Å². The van der Waals surface area contributed by atoms with Crippen LogP contribution in [0.2, 0.25) is 0 Å². The summed E-state index contributed by atoms with van der Waals surface area (Å²) in [7, 11) is 0. The summed E-state index contributed by atoms with van der Waals surface area (Å²) in [4.78, 5) is 25.3. The van der Waals surface area contributed by atoms with Crippen molar-refractivity contribution in [3.8, 4) is 0 Å². The second kappa shape index (κ2) is 3.72. The zero-order chi connectivity index (χ0) is 12.8. The normalized spacial score (nSPS) is 32.8. The third-order valence-corrected chi connectivity index (χ3v) is 3.77. The van der Waals surface area contributed by atoms with Crippen LogP contribution in [-0.2, 0) is 9.53 Å². The van der Waals surface area contributed by atoms with Gasteiger partial charge in [0.15, 0.2) is 0 Å². The zero-order valence-electron chi connectivity index (χ0n) is 11.1. The Labute approximate surface area is 102 Å². The number of likely N-dealkylation sites (tertiary alicyclic amines) is 1. The molecule has 17 heavy (non-hydrogen) atoms. The number of amides is 2. The van der Waals surface area contributed by atoms with Gasteiger partial charge in [0, 0.05) is 0 Å². The van der Waals surface area contributed by atoms with Crippen LogP contribution < -0.4 is 0 Å². The van der Waals surface area contributed by atoms with E-state index in [0.29, 0.717) is 0 Å². The van der Waals surface area contributed by atoms with E-state index in [2.05, 4.69) is 0 Å². The van der Waals surface area contributed by atoms with Crippen molar-refractivity contribution < 1.29 is 14.3 Å². The molecule has 1 saturated carbocycles. The Kier molecular flexibility index (Phi) is 2.71. The molecule has 1 heterocycles. The molecule has 4 nitrogen and oxygen atoms in total. The van der Waals surface area contributed by atoms with Gasteiger partial charge in [-0.05, 0) is 40.5 Å². The van der Waals surface area contributed by atoms with Crippen molar-refractivity contribution in [2.24, 2.45) is 5.41 Å². The van der Waals surface area contributed by atoms with Crippen molar-refractivity contribution in [2.45, 2.75) is 65.0 Å². The Morgan fingerprint density at radius 3 is 2.65 bits per heavy atom. The van der Waals surface area contributed by atoms with Crippen LogP contribution >= 0.6 is 0 Å². The van der Waals surface area contributed by atoms with Gasteiger partial charge in [-0.2, -0.15) is 0 Å². The number of β-lactam (4-membered cyclic amide) rings is 1. The first-order valence-electron chi connectivity index (χ1n) is 6.32. The lowest BCUT2D eigenvalue weighted by Crippen LogP contribution is -2.70. The predicted molar refractivity (Wildman–Crippen MR) is 63.4 cm³/mol. The number of carbonyl (C=O) groups is 2. The van der Waals surface area contributed by atoms with E-state index >= 15 is 0 Å². The van der Waals surface area contributed by atoms with E-state index in [0.717, 1.165) is 25.7 Å². The van der Waals surface area contributed by atoms with Crippen LogP contribution in [0.15, 0.2) is 0 Å². The van der Waals surface area contributed by atoms with Gasteiger partial charge in [0.05, 0.1) is 11.5 Å². The summed E-state index contributed by atoms with van der Waals surface area (Å²) in [5, 5.41) is 0. The van der Waals surface area contributed by atoms with Crippen LogP contribution in [0.1, 0.15) is 53.4 Å². The number of hydrogen-bond acceptors (Lipinski definition) is 3. The van der Waals surface area contributed by atoms with Gasteiger partial charge >= 0.3 is 6.09 Å². The molecule has 0 aromatic rings. The van der Waals surface area contributed by atoms with E-state index in [1.165, 1.54) is 4.90 Å². The van der Waals surface area contributed by atoms with E-state index < -0.39 is 11.7 Å². The quantitative estimate of drug-likeness (QED) is 0.611. The minimum Gasteiger partial charge on any atom is -0.443 e. The van der Waals surface area contributed by atoms with E-state index in [1.54, 1.807) is 0 Å². The van der Waals surface area contributed by atoms with Gasteiger partial charge in [-0.3, -0.25) is 4.79 Å². The lowest BCUT2D eigenvalue weighted by molar-refractivity contribution is -0.171. The molecule has 0 aromatic carbocycles. The Bertz CT molecular complexity index is 358. The van der Waals surface area contributed by atoms with E-state index in [-0.39, 0.29) is 17.4 Å². The monoisotopic (exact) mass is 239 g/mol. The fraction of sp³-hybridized carbons (Fsp3) is 0.846. The largest absolute Gasteiger partial charge is 0.443 e.